The fourth-order valence-electron chi connectivity index (χ4n) is 1.44. The third-order valence-electron chi connectivity index (χ3n) is 2.13. The van der Waals surface area contributed by atoms with Crippen LogP contribution in [0.4, 0.5) is 0 Å². The summed E-state index contributed by atoms with van der Waals surface area (Å²) in [6.07, 6.45) is 1.88. The minimum absolute atomic E-state index is 0.707. The van der Waals surface area contributed by atoms with Crippen LogP contribution in [-0.4, -0.2) is 16.5 Å². The molecule has 1 heterocycles. The molecule has 0 amide bonds. The zero-order valence-corrected chi connectivity index (χ0v) is 9.34. The first-order valence-electron chi connectivity index (χ1n) is 4.64. The molecule has 0 aliphatic heterocycles. The summed E-state index contributed by atoms with van der Waals surface area (Å²) >= 11 is 3.47. The van der Waals surface area contributed by atoms with Crippen molar-refractivity contribution in [1.29, 1.82) is 0 Å². The van der Waals surface area contributed by atoms with Crippen molar-refractivity contribution < 1.29 is 0 Å². The molecular formula is C10H12BrN3. The van der Waals surface area contributed by atoms with Crippen molar-refractivity contribution in [1.82, 2.24) is 9.97 Å². The van der Waals surface area contributed by atoms with E-state index in [4.69, 9.17) is 5.73 Å². The van der Waals surface area contributed by atoms with Gasteiger partial charge in [-0.25, -0.2) is 4.98 Å². The Balaban J connectivity index is 2.36. The quantitative estimate of drug-likeness (QED) is 0.882. The first-order valence-corrected chi connectivity index (χ1v) is 5.44. The van der Waals surface area contributed by atoms with Crippen LogP contribution in [0.25, 0.3) is 11.0 Å². The third-order valence-corrected chi connectivity index (χ3v) is 2.77. The molecule has 2 rings (SSSR count). The lowest BCUT2D eigenvalue weighted by Crippen LogP contribution is -2.01. The number of aromatic nitrogens is 2. The Bertz CT molecular complexity index is 436. The number of hydrogen-bond donors (Lipinski definition) is 2. The van der Waals surface area contributed by atoms with E-state index in [2.05, 4.69) is 25.9 Å². The summed E-state index contributed by atoms with van der Waals surface area (Å²) in [6, 6.07) is 6.02. The topological polar surface area (TPSA) is 54.7 Å². The highest BCUT2D eigenvalue weighted by molar-refractivity contribution is 9.10. The van der Waals surface area contributed by atoms with Gasteiger partial charge in [-0.3, -0.25) is 0 Å². The Morgan fingerprint density at radius 1 is 1.43 bits per heavy atom. The van der Waals surface area contributed by atoms with E-state index in [0.29, 0.717) is 6.54 Å². The number of H-pyrrole nitrogens is 1. The Hall–Kier alpha value is -0.870. The van der Waals surface area contributed by atoms with Crippen LogP contribution in [0.3, 0.4) is 0 Å². The van der Waals surface area contributed by atoms with Crippen LogP contribution in [0.2, 0.25) is 0 Å². The summed E-state index contributed by atoms with van der Waals surface area (Å²) in [7, 11) is 0. The van der Waals surface area contributed by atoms with Crippen molar-refractivity contribution in [2.24, 2.45) is 5.73 Å². The van der Waals surface area contributed by atoms with Crippen molar-refractivity contribution in [3.8, 4) is 0 Å². The van der Waals surface area contributed by atoms with Gasteiger partial charge in [0.25, 0.3) is 0 Å². The maximum atomic E-state index is 5.45. The molecule has 0 aliphatic carbocycles. The number of halogens is 1. The van der Waals surface area contributed by atoms with E-state index in [-0.39, 0.29) is 0 Å². The van der Waals surface area contributed by atoms with Gasteiger partial charge in [0.1, 0.15) is 11.3 Å². The summed E-state index contributed by atoms with van der Waals surface area (Å²) in [4.78, 5) is 7.77. The molecule has 0 spiro atoms. The molecule has 0 unspecified atom stereocenters. The number of hydrogen-bond acceptors (Lipinski definition) is 2. The number of nitrogens with two attached hydrogens (primary N) is 1. The van der Waals surface area contributed by atoms with Gasteiger partial charge in [-0.2, -0.15) is 0 Å². The van der Waals surface area contributed by atoms with Gasteiger partial charge in [0.2, 0.25) is 0 Å². The molecule has 0 saturated carbocycles. The zero-order valence-electron chi connectivity index (χ0n) is 7.76. The van der Waals surface area contributed by atoms with Crippen LogP contribution in [-0.2, 0) is 6.42 Å². The van der Waals surface area contributed by atoms with Crippen LogP contribution < -0.4 is 5.73 Å². The largest absolute Gasteiger partial charge is 0.342 e. The molecule has 0 fully saturated rings. The SMILES string of the molecule is NCCCc1nc2c(Br)cccc2[nH]1. The van der Waals surface area contributed by atoms with Crippen molar-refractivity contribution in [2.75, 3.05) is 6.54 Å². The van der Waals surface area contributed by atoms with Gasteiger partial charge in [-0.05, 0) is 41.0 Å². The number of aryl methyl sites for hydroxylation is 1. The maximum absolute atomic E-state index is 5.45. The molecule has 0 saturated heterocycles. The van der Waals surface area contributed by atoms with Crippen LogP contribution in [0, 0.1) is 0 Å². The van der Waals surface area contributed by atoms with E-state index >= 15 is 0 Å². The fraction of sp³-hybridized carbons (Fsp3) is 0.300. The summed E-state index contributed by atoms with van der Waals surface area (Å²) < 4.78 is 1.03. The van der Waals surface area contributed by atoms with E-state index in [9.17, 15) is 0 Å². The predicted molar refractivity (Wildman–Crippen MR) is 61.2 cm³/mol. The molecule has 74 valence electrons. The van der Waals surface area contributed by atoms with Crippen LogP contribution >= 0.6 is 15.9 Å². The lowest BCUT2D eigenvalue weighted by atomic mass is 10.3. The highest BCUT2D eigenvalue weighted by Gasteiger charge is 2.04. The molecule has 4 heteroatoms. The molecular weight excluding hydrogens is 242 g/mol. The lowest BCUT2D eigenvalue weighted by molar-refractivity contribution is 0.796. The number of rotatable bonds is 3. The predicted octanol–water partition coefficient (Wildman–Crippen LogP) is 2.22. The highest BCUT2D eigenvalue weighted by atomic mass is 79.9. The summed E-state index contributed by atoms with van der Waals surface area (Å²) in [5.74, 6) is 1.01. The van der Waals surface area contributed by atoms with Crippen LogP contribution in [0.15, 0.2) is 22.7 Å². The van der Waals surface area contributed by atoms with Crippen LogP contribution in [0.1, 0.15) is 12.2 Å². The Morgan fingerprint density at radius 2 is 2.29 bits per heavy atom. The second-order valence-electron chi connectivity index (χ2n) is 3.21. The minimum atomic E-state index is 0.707. The zero-order chi connectivity index (χ0) is 9.97. The van der Waals surface area contributed by atoms with Gasteiger partial charge in [0.15, 0.2) is 0 Å². The molecule has 3 nitrogen and oxygen atoms in total. The molecule has 3 N–H and O–H groups in total. The average Bonchev–Trinajstić information content (AvgIpc) is 2.59. The van der Waals surface area contributed by atoms with E-state index in [1.54, 1.807) is 0 Å². The summed E-state index contributed by atoms with van der Waals surface area (Å²) in [5, 5.41) is 0. The molecule has 0 aliphatic rings. The minimum Gasteiger partial charge on any atom is -0.342 e. The molecule has 0 bridgehead atoms. The smallest absolute Gasteiger partial charge is 0.107 e. The van der Waals surface area contributed by atoms with Gasteiger partial charge in [-0.1, -0.05) is 6.07 Å². The number of nitrogens with one attached hydrogen (secondary N) is 1. The molecule has 0 radical (unpaired) electrons. The molecule has 1 aromatic carbocycles. The Labute approximate surface area is 90.8 Å². The van der Waals surface area contributed by atoms with Crippen molar-refractivity contribution in [3.63, 3.8) is 0 Å². The van der Waals surface area contributed by atoms with Crippen molar-refractivity contribution in [2.45, 2.75) is 12.8 Å². The first kappa shape index (κ1) is 9.68. The summed E-state index contributed by atoms with van der Waals surface area (Å²) in [6.45, 7) is 0.707. The number of benzene rings is 1. The van der Waals surface area contributed by atoms with Gasteiger partial charge in [0, 0.05) is 10.9 Å². The van der Waals surface area contributed by atoms with Crippen LogP contribution in [0.5, 0.6) is 0 Å². The normalized spacial score (nSPS) is 11.0. The van der Waals surface area contributed by atoms with E-state index in [1.165, 1.54) is 0 Å². The van der Waals surface area contributed by atoms with Gasteiger partial charge >= 0.3 is 0 Å². The summed E-state index contributed by atoms with van der Waals surface area (Å²) in [5.41, 5.74) is 7.52. The number of aromatic amines is 1. The first-order chi connectivity index (χ1) is 6.81. The number of para-hydroxylation sites is 1. The second-order valence-corrected chi connectivity index (χ2v) is 4.07. The number of fused-ring (bicyclic) bond motifs is 1. The van der Waals surface area contributed by atoms with Gasteiger partial charge in [-0.15, -0.1) is 0 Å². The average molecular weight is 254 g/mol. The van der Waals surface area contributed by atoms with Crippen molar-refractivity contribution >= 4 is 27.0 Å². The molecule has 2 aromatic rings. The maximum Gasteiger partial charge on any atom is 0.107 e. The lowest BCUT2D eigenvalue weighted by Gasteiger charge is -1.91. The third kappa shape index (κ3) is 1.81. The van der Waals surface area contributed by atoms with E-state index in [0.717, 1.165) is 34.2 Å². The standard InChI is InChI=1S/C10H12BrN3/c11-7-3-1-4-8-10(7)14-9(13-8)5-2-6-12/h1,3-4H,2,5-6,12H2,(H,13,14). The second kappa shape index (κ2) is 4.11. The van der Waals surface area contributed by atoms with Gasteiger partial charge in [0.05, 0.1) is 5.52 Å². The Kier molecular flexibility index (Phi) is 2.84. The fourth-order valence-corrected chi connectivity index (χ4v) is 1.89. The molecule has 1 aromatic heterocycles. The van der Waals surface area contributed by atoms with E-state index < -0.39 is 0 Å². The number of nitrogens with zero attached hydrogens (tertiary/aromatic N) is 1. The Morgan fingerprint density at radius 3 is 3.00 bits per heavy atom. The monoisotopic (exact) mass is 253 g/mol. The van der Waals surface area contributed by atoms with Crippen molar-refractivity contribution in [3.05, 3.63) is 28.5 Å². The highest BCUT2D eigenvalue weighted by Crippen LogP contribution is 2.21. The molecule has 14 heavy (non-hydrogen) atoms. The van der Waals surface area contributed by atoms with Gasteiger partial charge < -0.3 is 10.7 Å². The van der Waals surface area contributed by atoms with E-state index in [1.807, 2.05) is 18.2 Å². The molecule has 0 atom stereocenters. The number of imidazole rings is 1.